The zero-order valence-electron chi connectivity index (χ0n) is 9.77. The van der Waals surface area contributed by atoms with Crippen LogP contribution in [0.1, 0.15) is 65.2 Å². The molecule has 0 heterocycles. The van der Waals surface area contributed by atoms with Crippen LogP contribution in [0.5, 0.6) is 0 Å². The van der Waals surface area contributed by atoms with E-state index < -0.39 is 0 Å². The van der Waals surface area contributed by atoms with E-state index in [4.69, 9.17) is 0 Å². The van der Waals surface area contributed by atoms with Gasteiger partial charge in [0, 0.05) is 13.0 Å². The first-order valence-electron chi connectivity index (χ1n) is 6.08. The summed E-state index contributed by atoms with van der Waals surface area (Å²) in [6.45, 7) is 4.99. The van der Waals surface area contributed by atoms with Crippen LogP contribution in [-0.4, -0.2) is 12.5 Å². The van der Waals surface area contributed by atoms with Gasteiger partial charge in [-0.2, -0.15) is 0 Å². The molecule has 0 aromatic carbocycles. The van der Waals surface area contributed by atoms with Crippen LogP contribution in [0, 0.1) is 0 Å². The van der Waals surface area contributed by atoms with Gasteiger partial charge in [0.1, 0.15) is 0 Å². The second-order valence-corrected chi connectivity index (χ2v) is 3.82. The molecule has 0 aliphatic heterocycles. The SMILES string of the molecule is CCCCCCCCCNC(=O)CC. The highest BCUT2D eigenvalue weighted by Crippen LogP contribution is 2.06. The lowest BCUT2D eigenvalue weighted by Gasteiger charge is -2.03. The first-order valence-corrected chi connectivity index (χ1v) is 6.08. The third-order valence-corrected chi connectivity index (χ3v) is 2.42. The highest BCUT2D eigenvalue weighted by atomic mass is 16.1. The molecule has 1 amide bonds. The van der Waals surface area contributed by atoms with Gasteiger partial charge in [0.15, 0.2) is 0 Å². The highest BCUT2D eigenvalue weighted by Gasteiger charge is 1.94. The Labute approximate surface area is 88.5 Å². The molecule has 0 unspecified atom stereocenters. The molecule has 0 aliphatic rings. The predicted octanol–water partition coefficient (Wildman–Crippen LogP) is 3.26. The molecule has 14 heavy (non-hydrogen) atoms. The van der Waals surface area contributed by atoms with Crippen molar-refractivity contribution in [3.8, 4) is 0 Å². The van der Waals surface area contributed by atoms with E-state index in [9.17, 15) is 4.79 Å². The van der Waals surface area contributed by atoms with Crippen molar-refractivity contribution in [2.45, 2.75) is 65.2 Å². The lowest BCUT2D eigenvalue weighted by atomic mass is 10.1. The summed E-state index contributed by atoms with van der Waals surface area (Å²) in [5, 5.41) is 2.90. The maximum atomic E-state index is 10.9. The Hall–Kier alpha value is -0.530. The Morgan fingerprint density at radius 3 is 2.07 bits per heavy atom. The van der Waals surface area contributed by atoms with Crippen LogP contribution in [0.4, 0.5) is 0 Å². The molecule has 0 aromatic heterocycles. The van der Waals surface area contributed by atoms with Gasteiger partial charge in [-0.3, -0.25) is 4.79 Å². The van der Waals surface area contributed by atoms with Crippen molar-refractivity contribution in [1.82, 2.24) is 5.32 Å². The molecule has 0 saturated carbocycles. The number of nitrogens with one attached hydrogen (secondary N) is 1. The molecule has 0 bridgehead atoms. The lowest BCUT2D eigenvalue weighted by molar-refractivity contribution is -0.120. The van der Waals surface area contributed by atoms with E-state index in [-0.39, 0.29) is 5.91 Å². The summed E-state index contributed by atoms with van der Waals surface area (Å²) in [7, 11) is 0. The number of unbranched alkanes of at least 4 members (excludes halogenated alkanes) is 6. The number of amides is 1. The topological polar surface area (TPSA) is 29.1 Å². The molecule has 0 fully saturated rings. The van der Waals surface area contributed by atoms with E-state index in [1.54, 1.807) is 0 Å². The van der Waals surface area contributed by atoms with Crippen LogP contribution in [0.2, 0.25) is 0 Å². The summed E-state index contributed by atoms with van der Waals surface area (Å²) in [4.78, 5) is 10.9. The fraction of sp³-hybridized carbons (Fsp3) is 0.917. The molecule has 0 radical (unpaired) electrons. The van der Waals surface area contributed by atoms with Crippen molar-refractivity contribution < 1.29 is 4.79 Å². The van der Waals surface area contributed by atoms with E-state index in [2.05, 4.69) is 12.2 Å². The normalized spacial score (nSPS) is 10.1. The highest BCUT2D eigenvalue weighted by molar-refractivity contribution is 5.75. The molecular weight excluding hydrogens is 174 g/mol. The smallest absolute Gasteiger partial charge is 0.219 e. The number of rotatable bonds is 9. The maximum absolute atomic E-state index is 10.9. The molecule has 0 aliphatic carbocycles. The van der Waals surface area contributed by atoms with E-state index in [0.29, 0.717) is 6.42 Å². The van der Waals surface area contributed by atoms with Crippen LogP contribution >= 0.6 is 0 Å². The zero-order chi connectivity index (χ0) is 10.6. The summed E-state index contributed by atoms with van der Waals surface area (Å²) in [6.07, 6.45) is 9.73. The molecule has 1 N–H and O–H groups in total. The fourth-order valence-corrected chi connectivity index (χ4v) is 1.43. The van der Waals surface area contributed by atoms with Crippen LogP contribution < -0.4 is 5.32 Å². The molecule has 0 rings (SSSR count). The van der Waals surface area contributed by atoms with Gasteiger partial charge in [-0.1, -0.05) is 52.4 Å². The second kappa shape index (κ2) is 10.6. The monoisotopic (exact) mass is 199 g/mol. The molecule has 2 heteroatoms. The molecule has 0 aromatic rings. The molecule has 0 atom stereocenters. The van der Waals surface area contributed by atoms with Crippen molar-refractivity contribution in [3.63, 3.8) is 0 Å². The second-order valence-electron chi connectivity index (χ2n) is 3.82. The van der Waals surface area contributed by atoms with Gasteiger partial charge in [-0.25, -0.2) is 0 Å². The van der Waals surface area contributed by atoms with Gasteiger partial charge in [0.05, 0.1) is 0 Å². The number of carbonyl (C=O) groups is 1. The van der Waals surface area contributed by atoms with E-state index in [0.717, 1.165) is 13.0 Å². The fourth-order valence-electron chi connectivity index (χ4n) is 1.43. The average Bonchev–Trinajstić information content (AvgIpc) is 2.21. The maximum Gasteiger partial charge on any atom is 0.219 e. The van der Waals surface area contributed by atoms with Crippen LogP contribution in [0.25, 0.3) is 0 Å². The third kappa shape index (κ3) is 9.56. The Kier molecular flexibility index (Phi) is 10.2. The van der Waals surface area contributed by atoms with E-state index >= 15 is 0 Å². The number of hydrogen-bond donors (Lipinski definition) is 1. The minimum Gasteiger partial charge on any atom is -0.356 e. The van der Waals surface area contributed by atoms with E-state index in [1.165, 1.54) is 38.5 Å². The van der Waals surface area contributed by atoms with Crippen LogP contribution in [0.3, 0.4) is 0 Å². The minimum absolute atomic E-state index is 0.177. The third-order valence-electron chi connectivity index (χ3n) is 2.42. The van der Waals surface area contributed by atoms with Gasteiger partial charge in [0.2, 0.25) is 5.91 Å². The average molecular weight is 199 g/mol. The lowest BCUT2D eigenvalue weighted by Crippen LogP contribution is -2.23. The largest absolute Gasteiger partial charge is 0.356 e. The molecule has 84 valence electrons. The number of hydrogen-bond acceptors (Lipinski definition) is 1. The Bertz CT molecular complexity index is 134. The zero-order valence-corrected chi connectivity index (χ0v) is 9.77. The molecule has 0 spiro atoms. The van der Waals surface area contributed by atoms with Crippen molar-refractivity contribution in [3.05, 3.63) is 0 Å². The number of carbonyl (C=O) groups excluding carboxylic acids is 1. The quantitative estimate of drug-likeness (QED) is 0.567. The summed E-state index contributed by atoms with van der Waals surface area (Å²) < 4.78 is 0. The summed E-state index contributed by atoms with van der Waals surface area (Å²) in [5.74, 6) is 0.177. The summed E-state index contributed by atoms with van der Waals surface area (Å²) >= 11 is 0. The van der Waals surface area contributed by atoms with Gasteiger partial charge in [-0.05, 0) is 6.42 Å². The van der Waals surface area contributed by atoms with Crippen molar-refractivity contribution >= 4 is 5.91 Å². The van der Waals surface area contributed by atoms with Crippen LogP contribution in [0.15, 0.2) is 0 Å². The van der Waals surface area contributed by atoms with Gasteiger partial charge >= 0.3 is 0 Å². The molecular formula is C12H25NO. The minimum atomic E-state index is 0.177. The van der Waals surface area contributed by atoms with Gasteiger partial charge in [0.25, 0.3) is 0 Å². The van der Waals surface area contributed by atoms with E-state index in [1.807, 2.05) is 6.92 Å². The van der Waals surface area contributed by atoms with Crippen molar-refractivity contribution in [2.24, 2.45) is 0 Å². The Balaban J connectivity index is 2.95. The first kappa shape index (κ1) is 13.5. The summed E-state index contributed by atoms with van der Waals surface area (Å²) in [6, 6.07) is 0. The van der Waals surface area contributed by atoms with Crippen molar-refractivity contribution in [2.75, 3.05) is 6.54 Å². The predicted molar refractivity (Wildman–Crippen MR) is 61.3 cm³/mol. The van der Waals surface area contributed by atoms with Gasteiger partial charge < -0.3 is 5.32 Å². The Morgan fingerprint density at radius 1 is 0.929 bits per heavy atom. The van der Waals surface area contributed by atoms with Crippen LogP contribution in [-0.2, 0) is 4.79 Å². The standard InChI is InChI=1S/C12H25NO/c1-3-5-6-7-8-9-10-11-13-12(14)4-2/h3-11H2,1-2H3,(H,13,14). The first-order chi connectivity index (χ1) is 6.81. The van der Waals surface area contributed by atoms with Gasteiger partial charge in [-0.15, -0.1) is 0 Å². The van der Waals surface area contributed by atoms with Crippen molar-refractivity contribution in [1.29, 1.82) is 0 Å². The Morgan fingerprint density at radius 2 is 1.50 bits per heavy atom. The summed E-state index contributed by atoms with van der Waals surface area (Å²) in [5.41, 5.74) is 0. The molecule has 0 saturated heterocycles. The molecule has 2 nitrogen and oxygen atoms in total.